The maximum Gasteiger partial charge on any atom is 0.295 e. The molecule has 2 aromatic rings. The lowest BCUT2D eigenvalue weighted by Crippen LogP contribution is -2.31. The Morgan fingerprint density at radius 3 is 2.54 bits per heavy atom. The molecule has 1 atom stereocenters. The number of Topliss-reactive ketones (excluding diaryl/α,β-unsaturated/α-hetero) is 1. The molecule has 6 nitrogen and oxygen atoms in total. The van der Waals surface area contributed by atoms with Gasteiger partial charge in [-0.25, -0.2) is 0 Å². The molecule has 0 radical (unpaired) electrons. The van der Waals surface area contributed by atoms with E-state index in [9.17, 15) is 19.8 Å². The van der Waals surface area contributed by atoms with Crippen LogP contribution in [0.2, 0.25) is 0 Å². The van der Waals surface area contributed by atoms with Crippen molar-refractivity contribution < 1.29 is 24.5 Å². The predicted molar refractivity (Wildman–Crippen MR) is 98.0 cm³/mol. The van der Waals surface area contributed by atoms with E-state index in [1.807, 2.05) is 18.4 Å². The highest BCUT2D eigenvalue weighted by molar-refractivity contribution is 7.10. The first kappa shape index (κ1) is 18.2. The highest BCUT2D eigenvalue weighted by Gasteiger charge is 2.46. The summed E-state index contributed by atoms with van der Waals surface area (Å²) < 4.78 is 5.38. The van der Waals surface area contributed by atoms with Gasteiger partial charge in [0.25, 0.3) is 11.7 Å². The smallest absolute Gasteiger partial charge is 0.295 e. The first-order chi connectivity index (χ1) is 12.6. The lowest BCUT2D eigenvalue weighted by atomic mass is 10.00. The van der Waals surface area contributed by atoms with E-state index in [0.717, 1.165) is 4.88 Å². The molecule has 1 aliphatic rings. The van der Waals surface area contributed by atoms with Crippen LogP contribution >= 0.6 is 11.3 Å². The van der Waals surface area contributed by atoms with E-state index < -0.39 is 17.7 Å². The number of ketones is 1. The number of carbonyl (C=O) groups excluding carboxylic acids is 2. The second-order valence-corrected chi connectivity index (χ2v) is 6.67. The van der Waals surface area contributed by atoms with Gasteiger partial charge in [0.15, 0.2) is 0 Å². The number of amides is 1. The standard InChI is InChI=1S/C19H19NO5S/c1-2-25-13-7-5-12(6-8-13)17(22)15-16(14-4-3-11-26-14)20(9-10-21)19(24)18(15)23/h3-8,11,16,21-22H,2,9-10H2,1H3/b17-15-. The summed E-state index contributed by atoms with van der Waals surface area (Å²) in [5.74, 6) is -1.04. The van der Waals surface area contributed by atoms with Crippen LogP contribution in [-0.4, -0.2) is 46.6 Å². The summed E-state index contributed by atoms with van der Waals surface area (Å²) in [6.07, 6.45) is 0. The van der Waals surface area contributed by atoms with Crippen molar-refractivity contribution >= 4 is 28.8 Å². The number of β-amino-alcohol motifs (C(OH)–C–C–N with tert-alkyl or cyclic N) is 1. The minimum atomic E-state index is -0.747. The van der Waals surface area contributed by atoms with E-state index in [1.54, 1.807) is 30.3 Å². The van der Waals surface area contributed by atoms with Crippen molar-refractivity contribution in [2.24, 2.45) is 0 Å². The largest absolute Gasteiger partial charge is 0.507 e. The predicted octanol–water partition coefficient (Wildman–Crippen LogP) is 2.56. The van der Waals surface area contributed by atoms with Gasteiger partial charge in [0, 0.05) is 17.0 Å². The molecule has 0 saturated carbocycles. The third-order valence-electron chi connectivity index (χ3n) is 4.13. The van der Waals surface area contributed by atoms with Gasteiger partial charge in [-0.05, 0) is 42.6 Å². The summed E-state index contributed by atoms with van der Waals surface area (Å²) >= 11 is 1.39. The van der Waals surface area contributed by atoms with Gasteiger partial charge < -0.3 is 19.8 Å². The van der Waals surface area contributed by atoms with Gasteiger partial charge in [-0.3, -0.25) is 9.59 Å². The number of carbonyl (C=O) groups is 2. The maximum atomic E-state index is 12.6. The van der Waals surface area contributed by atoms with E-state index in [4.69, 9.17) is 4.74 Å². The van der Waals surface area contributed by atoms with Crippen LogP contribution in [0.15, 0.2) is 47.4 Å². The summed E-state index contributed by atoms with van der Waals surface area (Å²) in [6.45, 7) is 2.15. The Morgan fingerprint density at radius 1 is 1.23 bits per heavy atom. The Balaban J connectivity index is 2.07. The lowest BCUT2D eigenvalue weighted by Gasteiger charge is -2.23. The summed E-state index contributed by atoms with van der Waals surface area (Å²) in [5.41, 5.74) is 0.465. The molecule has 1 aromatic heterocycles. The normalized spacial score (nSPS) is 19.2. The molecular weight excluding hydrogens is 354 g/mol. The average Bonchev–Trinajstić information content (AvgIpc) is 3.25. The van der Waals surface area contributed by atoms with Crippen LogP contribution in [0, 0.1) is 0 Å². The van der Waals surface area contributed by atoms with E-state index in [1.165, 1.54) is 16.2 Å². The van der Waals surface area contributed by atoms with Crippen molar-refractivity contribution in [2.45, 2.75) is 13.0 Å². The monoisotopic (exact) mass is 373 g/mol. The number of hydrogen-bond donors (Lipinski definition) is 2. The van der Waals surface area contributed by atoms with Gasteiger partial charge in [-0.1, -0.05) is 6.07 Å². The van der Waals surface area contributed by atoms with Crippen LogP contribution in [0.3, 0.4) is 0 Å². The van der Waals surface area contributed by atoms with Crippen molar-refractivity contribution in [3.05, 3.63) is 57.8 Å². The summed E-state index contributed by atoms with van der Waals surface area (Å²) in [4.78, 5) is 27.0. The van der Waals surface area contributed by atoms with Crippen molar-refractivity contribution in [1.82, 2.24) is 4.90 Å². The molecule has 1 aromatic carbocycles. The molecule has 1 amide bonds. The van der Waals surface area contributed by atoms with Crippen LogP contribution in [0.4, 0.5) is 0 Å². The highest BCUT2D eigenvalue weighted by atomic mass is 32.1. The minimum Gasteiger partial charge on any atom is -0.507 e. The molecule has 7 heteroatoms. The molecule has 1 unspecified atom stereocenters. The van der Waals surface area contributed by atoms with Gasteiger partial charge >= 0.3 is 0 Å². The van der Waals surface area contributed by atoms with Crippen LogP contribution in [0.25, 0.3) is 5.76 Å². The SMILES string of the molecule is CCOc1ccc(/C(O)=C2/C(=O)C(=O)N(CCO)C2c2cccs2)cc1. The zero-order valence-corrected chi connectivity index (χ0v) is 15.0. The Hall–Kier alpha value is -2.64. The molecule has 1 aliphatic heterocycles. The van der Waals surface area contributed by atoms with E-state index >= 15 is 0 Å². The topological polar surface area (TPSA) is 87.1 Å². The molecule has 26 heavy (non-hydrogen) atoms. The molecule has 0 spiro atoms. The van der Waals surface area contributed by atoms with Crippen LogP contribution in [0.5, 0.6) is 5.75 Å². The number of nitrogens with zero attached hydrogens (tertiary/aromatic N) is 1. The fourth-order valence-electron chi connectivity index (χ4n) is 2.99. The van der Waals surface area contributed by atoms with Crippen molar-refractivity contribution in [2.75, 3.05) is 19.8 Å². The van der Waals surface area contributed by atoms with E-state index in [2.05, 4.69) is 0 Å². The van der Waals surface area contributed by atoms with Gasteiger partial charge in [0.2, 0.25) is 0 Å². The Morgan fingerprint density at radius 2 is 1.96 bits per heavy atom. The maximum absolute atomic E-state index is 12.6. The zero-order chi connectivity index (χ0) is 18.7. The fourth-order valence-corrected chi connectivity index (χ4v) is 3.84. The number of likely N-dealkylation sites (tertiary alicyclic amines) is 1. The highest BCUT2D eigenvalue weighted by Crippen LogP contribution is 2.40. The van der Waals surface area contributed by atoms with Gasteiger partial charge in [0.05, 0.1) is 24.8 Å². The first-order valence-electron chi connectivity index (χ1n) is 8.24. The first-order valence-corrected chi connectivity index (χ1v) is 9.12. The van der Waals surface area contributed by atoms with E-state index in [0.29, 0.717) is 17.9 Å². The second kappa shape index (κ2) is 7.72. The third kappa shape index (κ3) is 3.23. The van der Waals surface area contributed by atoms with Crippen molar-refractivity contribution in [3.63, 3.8) is 0 Å². The minimum absolute atomic E-state index is 0.0210. The fraction of sp³-hybridized carbons (Fsp3) is 0.263. The number of ether oxygens (including phenoxy) is 1. The van der Waals surface area contributed by atoms with E-state index in [-0.39, 0.29) is 24.5 Å². The number of thiophene rings is 1. The molecule has 0 bridgehead atoms. The van der Waals surface area contributed by atoms with Crippen LogP contribution < -0.4 is 4.74 Å². The number of benzene rings is 1. The molecule has 0 aliphatic carbocycles. The molecule has 1 fully saturated rings. The lowest BCUT2D eigenvalue weighted by molar-refractivity contribution is -0.140. The Bertz CT molecular complexity index is 826. The molecular formula is C19H19NO5S. The van der Waals surface area contributed by atoms with Gasteiger partial charge in [0.1, 0.15) is 11.5 Å². The summed E-state index contributed by atoms with van der Waals surface area (Å²) in [7, 11) is 0. The van der Waals surface area contributed by atoms with Crippen LogP contribution in [0.1, 0.15) is 23.4 Å². The quantitative estimate of drug-likeness (QED) is 0.462. The molecule has 1 saturated heterocycles. The average molecular weight is 373 g/mol. The summed E-state index contributed by atoms with van der Waals surface area (Å²) in [6, 6.07) is 9.60. The van der Waals surface area contributed by atoms with Crippen molar-refractivity contribution in [3.8, 4) is 5.75 Å². The van der Waals surface area contributed by atoms with Gasteiger partial charge in [-0.15, -0.1) is 11.3 Å². The Labute approximate surface area is 155 Å². The second-order valence-electron chi connectivity index (χ2n) is 5.69. The molecule has 3 rings (SSSR count). The Kier molecular flexibility index (Phi) is 5.39. The number of aliphatic hydroxyl groups excluding tert-OH is 2. The number of aliphatic hydroxyl groups is 2. The van der Waals surface area contributed by atoms with Crippen molar-refractivity contribution in [1.29, 1.82) is 0 Å². The number of hydrogen-bond acceptors (Lipinski definition) is 6. The zero-order valence-electron chi connectivity index (χ0n) is 14.2. The molecule has 2 heterocycles. The van der Waals surface area contributed by atoms with Gasteiger partial charge in [-0.2, -0.15) is 0 Å². The number of rotatable bonds is 6. The van der Waals surface area contributed by atoms with Crippen LogP contribution in [-0.2, 0) is 9.59 Å². The molecule has 136 valence electrons. The summed E-state index contributed by atoms with van der Waals surface area (Å²) in [5, 5.41) is 21.9. The third-order valence-corrected chi connectivity index (χ3v) is 5.06. The molecule has 2 N–H and O–H groups in total.